The maximum absolute atomic E-state index is 5.39. The third-order valence-electron chi connectivity index (χ3n) is 1.21. The molecule has 0 amide bonds. The van der Waals surface area contributed by atoms with E-state index < -0.39 is 0 Å². The third kappa shape index (κ3) is 4.72. The van der Waals surface area contributed by atoms with Gasteiger partial charge in [0.1, 0.15) is 16.8 Å². The van der Waals surface area contributed by atoms with Gasteiger partial charge >= 0.3 is 0 Å². The van der Waals surface area contributed by atoms with Crippen molar-refractivity contribution in [2.45, 2.75) is 0 Å². The predicted molar refractivity (Wildman–Crippen MR) is 57.9 cm³/mol. The lowest BCUT2D eigenvalue weighted by Gasteiger charge is -1.87. The van der Waals surface area contributed by atoms with Crippen LogP contribution < -0.4 is 11.5 Å². The molecule has 6 nitrogen and oxygen atoms in total. The SMILES string of the molecule is Nc1cncc(Cl)n1.Nc1cnccn1. The molecule has 0 aliphatic rings. The molecule has 2 heterocycles. The summed E-state index contributed by atoms with van der Waals surface area (Å²) >= 11 is 5.39. The molecule has 0 saturated heterocycles. The largest absolute Gasteiger partial charge is 0.382 e. The van der Waals surface area contributed by atoms with Crippen LogP contribution in [0, 0.1) is 0 Å². The Hall–Kier alpha value is -1.95. The van der Waals surface area contributed by atoms with Crippen LogP contribution in [0.15, 0.2) is 31.0 Å². The van der Waals surface area contributed by atoms with Crippen molar-refractivity contribution in [1.82, 2.24) is 19.9 Å². The molecule has 2 rings (SSSR count). The lowest BCUT2D eigenvalue weighted by Crippen LogP contribution is -1.89. The van der Waals surface area contributed by atoms with Gasteiger partial charge in [-0.3, -0.25) is 9.97 Å². The van der Waals surface area contributed by atoms with Crippen molar-refractivity contribution in [3.63, 3.8) is 0 Å². The Morgan fingerprint density at radius 3 is 2.00 bits per heavy atom. The van der Waals surface area contributed by atoms with Gasteiger partial charge in [0, 0.05) is 12.4 Å². The van der Waals surface area contributed by atoms with Gasteiger partial charge in [-0.2, -0.15) is 0 Å². The minimum atomic E-state index is 0.324. The summed E-state index contributed by atoms with van der Waals surface area (Å²) in [5.74, 6) is 0.806. The first-order valence-corrected chi connectivity index (χ1v) is 4.31. The van der Waals surface area contributed by atoms with Crippen LogP contribution in [0.5, 0.6) is 0 Å². The second-order valence-electron chi connectivity index (χ2n) is 2.40. The number of nitrogens with two attached hydrogens (primary N) is 2. The average molecular weight is 225 g/mol. The van der Waals surface area contributed by atoms with Gasteiger partial charge in [0.2, 0.25) is 0 Å². The first-order chi connectivity index (χ1) is 7.18. The fraction of sp³-hybridized carbons (Fsp3) is 0. The van der Waals surface area contributed by atoms with Crippen LogP contribution in [0.25, 0.3) is 0 Å². The van der Waals surface area contributed by atoms with Crippen LogP contribution in [0.2, 0.25) is 5.15 Å². The van der Waals surface area contributed by atoms with E-state index in [1.165, 1.54) is 18.6 Å². The fourth-order valence-corrected chi connectivity index (χ4v) is 0.821. The molecule has 0 spiro atoms. The molecule has 0 radical (unpaired) electrons. The summed E-state index contributed by atoms with van der Waals surface area (Å²) in [7, 11) is 0. The van der Waals surface area contributed by atoms with Gasteiger partial charge in [-0.05, 0) is 0 Å². The first kappa shape index (κ1) is 11.1. The van der Waals surface area contributed by atoms with Crippen LogP contribution in [-0.4, -0.2) is 19.9 Å². The maximum Gasteiger partial charge on any atom is 0.149 e. The Labute approximate surface area is 91.4 Å². The number of rotatable bonds is 0. The molecule has 0 aliphatic heterocycles. The number of nitrogens with zero attached hydrogens (tertiary/aromatic N) is 4. The summed E-state index contributed by atoms with van der Waals surface area (Å²) in [6.45, 7) is 0. The summed E-state index contributed by atoms with van der Waals surface area (Å²) in [4.78, 5) is 14.7. The van der Waals surface area contributed by atoms with Crippen LogP contribution in [-0.2, 0) is 0 Å². The van der Waals surface area contributed by atoms with Crippen molar-refractivity contribution in [2.75, 3.05) is 11.5 Å². The molecule has 0 aliphatic carbocycles. The maximum atomic E-state index is 5.39. The molecule has 78 valence electrons. The molecule has 0 aromatic carbocycles. The second kappa shape index (κ2) is 5.71. The summed E-state index contributed by atoms with van der Waals surface area (Å²) in [5.41, 5.74) is 10.4. The first-order valence-electron chi connectivity index (χ1n) is 3.93. The Kier molecular flexibility index (Phi) is 4.24. The number of anilines is 2. The number of hydrogen-bond acceptors (Lipinski definition) is 6. The Morgan fingerprint density at radius 1 is 0.933 bits per heavy atom. The van der Waals surface area contributed by atoms with E-state index in [1.807, 2.05) is 0 Å². The lowest BCUT2D eigenvalue weighted by atomic mass is 10.7. The molecule has 2 aromatic rings. The lowest BCUT2D eigenvalue weighted by molar-refractivity contribution is 1.21. The van der Waals surface area contributed by atoms with Gasteiger partial charge in [-0.15, -0.1) is 0 Å². The highest BCUT2D eigenvalue weighted by atomic mass is 35.5. The summed E-state index contributed by atoms with van der Waals surface area (Å²) in [6.07, 6.45) is 7.50. The zero-order chi connectivity index (χ0) is 11.1. The van der Waals surface area contributed by atoms with Gasteiger partial charge in [-0.1, -0.05) is 11.6 Å². The van der Waals surface area contributed by atoms with E-state index in [-0.39, 0.29) is 0 Å². The summed E-state index contributed by atoms with van der Waals surface area (Å²) in [5, 5.41) is 0.324. The van der Waals surface area contributed by atoms with E-state index in [1.54, 1.807) is 12.4 Å². The van der Waals surface area contributed by atoms with Gasteiger partial charge in [0.15, 0.2) is 0 Å². The Balaban J connectivity index is 0.000000151. The molecule has 2 aromatic heterocycles. The van der Waals surface area contributed by atoms with Crippen molar-refractivity contribution >= 4 is 23.2 Å². The molecule has 0 atom stereocenters. The van der Waals surface area contributed by atoms with E-state index in [9.17, 15) is 0 Å². The Morgan fingerprint density at radius 2 is 1.67 bits per heavy atom. The number of aromatic nitrogens is 4. The second-order valence-corrected chi connectivity index (χ2v) is 2.78. The van der Waals surface area contributed by atoms with Crippen molar-refractivity contribution in [3.8, 4) is 0 Å². The van der Waals surface area contributed by atoms with Crippen LogP contribution in [0.1, 0.15) is 0 Å². The van der Waals surface area contributed by atoms with E-state index >= 15 is 0 Å². The molecule has 7 heteroatoms. The smallest absolute Gasteiger partial charge is 0.149 e. The van der Waals surface area contributed by atoms with Gasteiger partial charge in [0.25, 0.3) is 0 Å². The summed E-state index contributed by atoms with van der Waals surface area (Å²) in [6, 6.07) is 0. The highest BCUT2D eigenvalue weighted by Crippen LogP contribution is 2.01. The standard InChI is InChI=1S/C4H4ClN3.C4H5N3/c5-3-1-7-2-4(6)8-3;5-4-3-6-1-2-7-4/h1-2H,(H2,6,8);1-3H,(H2,5,7). The zero-order valence-electron chi connectivity index (χ0n) is 7.71. The molecule has 15 heavy (non-hydrogen) atoms. The highest BCUT2D eigenvalue weighted by molar-refractivity contribution is 6.29. The van der Waals surface area contributed by atoms with Crippen LogP contribution >= 0.6 is 11.6 Å². The van der Waals surface area contributed by atoms with Crippen molar-refractivity contribution in [1.29, 1.82) is 0 Å². The highest BCUT2D eigenvalue weighted by Gasteiger charge is 1.86. The number of halogens is 1. The van der Waals surface area contributed by atoms with Gasteiger partial charge in [0.05, 0.1) is 18.6 Å². The summed E-state index contributed by atoms with van der Waals surface area (Å²) < 4.78 is 0. The average Bonchev–Trinajstić information content (AvgIpc) is 2.19. The normalized spacial score (nSPS) is 8.87. The van der Waals surface area contributed by atoms with Crippen molar-refractivity contribution in [2.24, 2.45) is 0 Å². The van der Waals surface area contributed by atoms with E-state index in [4.69, 9.17) is 23.1 Å². The molecular formula is C8H9ClN6. The van der Waals surface area contributed by atoms with E-state index in [2.05, 4.69) is 19.9 Å². The van der Waals surface area contributed by atoms with E-state index in [0.717, 1.165) is 0 Å². The van der Waals surface area contributed by atoms with Crippen molar-refractivity contribution < 1.29 is 0 Å². The quantitative estimate of drug-likeness (QED) is 0.685. The molecule has 0 saturated carbocycles. The van der Waals surface area contributed by atoms with Crippen LogP contribution in [0.3, 0.4) is 0 Å². The molecule has 0 unspecified atom stereocenters. The fourth-order valence-electron chi connectivity index (χ4n) is 0.667. The van der Waals surface area contributed by atoms with Crippen LogP contribution in [0.4, 0.5) is 11.6 Å². The third-order valence-corrected chi connectivity index (χ3v) is 1.39. The monoisotopic (exact) mass is 224 g/mol. The topological polar surface area (TPSA) is 104 Å². The minimum Gasteiger partial charge on any atom is -0.382 e. The van der Waals surface area contributed by atoms with Gasteiger partial charge in [-0.25, -0.2) is 9.97 Å². The number of nitrogen functional groups attached to an aromatic ring is 2. The molecule has 4 N–H and O–H groups in total. The molecule has 0 bridgehead atoms. The Bertz CT molecular complexity index is 390. The van der Waals surface area contributed by atoms with Gasteiger partial charge < -0.3 is 11.5 Å². The minimum absolute atomic E-state index is 0.324. The van der Waals surface area contributed by atoms with E-state index in [0.29, 0.717) is 16.8 Å². The van der Waals surface area contributed by atoms with Crippen molar-refractivity contribution in [3.05, 3.63) is 36.1 Å². The number of hydrogen-bond donors (Lipinski definition) is 2. The predicted octanol–water partition coefficient (Wildman–Crippen LogP) is 0.771. The molecular weight excluding hydrogens is 216 g/mol. The molecule has 0 fully saturated rings. The zero-order valence-corrected chi connectivity index (χ0v) is 8.46.